The summed E-state index contributed by atoms with van der Waals surface area (Å²) in [6.45, 7) is 0.352. The van der Waals surface area contributed by atoms with E-state index in [1.54, 1.807) is 30.8 Å². The van der Waals surface area contributed by atoms with Crippen LogP contribution in [0.1, 0.15) is 5.76 Å². The van der Waals surface area contributed by atoms with Crippen LogP contribution in [0.3, 0.4) is 0 Å². The first kappa shape index (κ1) is 11.3. The third kappa shape index (κ3) is 2.57. The predicted molar refractivity (Wildman–Crippen MR) is 70.7 cm³/mol. The number of aromatic nitrogens is 2. The van der Waals surface area contributed by atoms with E-state index in [4.69, 9.17) is 4.42 Å². The molecule has 3 rings (SSSR count). The van der Waals surface area contributed by atoms with Gasteiger partial charge in [-0.25, -0.2) is 9.78 Å². The monoisotopic (exact) mass is 256 g/mol. The van der Waals surface area contributed by atoms with Crippen molar-refractivity contribution in [2.75, 3.05) is 5.32 Å². The number of imidazole rings is 1. The zero-order chi connectivity index (χ0) is 13.1. The number of hydrogen-bond donors (Lipinski definition) is 3. The number of carbonyl (C=O) groups is 1. The number of fused-ring (bicyclic) bond motifs is 1. The molecule has 3 N–H and O–H groups in total. The number of carbonyl (C=O) groups excluding carboxylic acids is 1. The Labute approximate surface area is 108 Å². The number of rotatable bonds is 3. The number of benzene rings is 1. The number of H-pyrrole nitrogens is 1. The fourth-order valence-electron chi connectivity index (χ4n) is 1.77. The Hall–Kier alpha value is -2.76. The average molecular weight is 256 g/mol. The summed E-state index contributed by atoms with van der Waals surface area (Å²) in [5.74, 6) is 0.708. The summed E-state index contributed by atoms with van der Waals surface area (Å²) in [5.41, 5.74) is 2.44. The van der Waals surface area contributed by atoms with Crippen molar-refractivity contribution < 1.29 is 9.21 Å². The number of amides is 2. The largest absolute Gasteiger partial charge is 0.467 e. The van der Waals surface area contributed by atoms with Gasteiger partial charge in [-0.05, 0) is 30.3 Å². The number of furan rings is 1. The summed E-state index contributed by atoms with van der Waals surface area (Å²) in [6, 6.07) is 8.77. The summed E-state index contributed by atoms with van der Waals surface area (Å²) in [5, 5.41) is 5.45. The minimum atomic E-state index is -0.282. The van der Waals surface area contributed by atoms with Gasteiger partial charge in [-0.2, -0.15) is 0 Å². The third-order valence-electron chi connectivity index (χ3n) is 2.68. The van der Waals surface area contributed by atoms with Crippen molar-refractivity contribution in [3.63, 3.8) is 0 Å². The zero-order valence-corrected chi connectivity index (χ0v) is 10.0. The summed E-state index contributed by atoms with van der Waals surface area (Å²) in [7, 11) is 0. The number of urea groups is 1. The molecule has 2 amide bonds. The molecule has 0 bridgehead atoms. The Bertz CT molecular complexity index is 688. The summed E-state index contributed by atoms with van der Waals surface area (Å²) >= 11 is 0. The molecule has 0 radical (unpaired) electrons. The molecule has 0 atom stereocenters. The summed E-state index contributed by atoms with van der Waals surface area (Å²) in [6.07, 6.45) is 3.19. The Balaban J connectivity index is 1.62. The number of hydrogen-bond acceptors (Lipinski definition) is 3. The lowest BCUT2D eigenvalue weighted by atomic mass is 10.3. The molecule has 0 unspecified atom stereocenters. The number of anilines is 1. The number of aromatic amines is 1. The van der Waals surface area contributed by atoms with Crippen molar-refractivity contribution in [1.82, 2.24) is 15.3 Å². The van der Waals surface area contributed by atoms with E-state index in [1.807, 2.05) is 12.1 Å². The van der Waals surface area contributed by atoms with Gasteiger partial charge in [0, 0.05) is 5.69 Å². The Morgan fingerprint density at radius 3 is 3.16 bits per heavy atom. The molecule has 0 aliphatic heterocycles. The van der Waals surface area contributed by atoms with Crippen LogP contribution in [0.5, 0.6) is 0 Å². The molecule has 96 valence electrons. The molecular weight excluding hydrogens is 244 g/mol. The van der Waals surface area contributed by atoms with Gasteiger partial charge in [0.15, 0.2) is 0 Å². The van der Waals surface area contributed by atoms with Crippen molar-refractivity contribution >= 4 is 22.8 Å². The fourth-order valence-corrected chi connectivity index (χ4v) is 1.77. The van der Waals surface area contributed by atoms with E-state index in [0.29, 0.717) is 18.0 Å². The fraction of sp³-hybridized carbons (Fsp3) is 0.0769. The molecule has 2 aromatic heterocycles. The van der Waals surface area contributed by atoms with Crippen molar-refractivity contribution in [3.05, 3.63) is 48.7 Å². The molecule has 2 heterocycles. The second-order valence-electron chi connectivity index (χ2n) is 4.02. The Morgan fingerprint density at radius 1 is 1.37 bits per heavy atom. The average Bonchev–Trinajstić information content (AvgIpc) is 3.07. The van der Waals surface area contributed by atoms with Crippen LogP contribution in [0.4, 0.5) is 10.5 Å². The lowest BCUT2D eigenvalue weighted by molar-refractivity contribution is 0.251. The molecule has 6 nitrogen and oxygen atoms in total. The standard InChI is InChI=1S/C13H12N4O2/c18-13(14-7-10-2-1-5-19-10)17-9-3-4-11-12(6-9)16-8-15-11/h1-6,8H,7H2,(H,15,16)(H2,14,17,18). The van der Waals surface area contributed by atoms with E-state index in [1.165, 1.54) is 0 Å². The first-order valence-electron chi connectivity index (χ1n) is 5.81. The van der Waals surface area contributed by atoms with E-state index in [0.717, 1.165) is 11.0 Å². The topological polar surface area (TPSA) is 82.9 Å². The van der Waals surface area contributed by atoms with Crippen LogP contribution in [0.2, 0.25) is 0 Å². The van der Waals surface area contributed by atoms with Crippen LogP contribution in [0, 0.1) is 0 Å². The smallest absolute Gasteiger partial charge is 0.319 e. The molecule has 0 fully saturated rings. The third-order valence-corrected chi connectivity index (χ3v) is 2.68. The first-order valence-corrected chi connectivity index (χ1v) is 5.81. The lowest BCUT2D eigenvalue weighted by Gasteiger charge is -2.06. The van der Waals surface area contributed by atoms with E-state index < -0.39 is 0 Å². The number of nitrogens with one attached hydrogen (secondary N) is 3. The van der Waals surface area contributed by atoms with E-state index in [2.05, 4.69) is 20.6 Å². The quantitative estimate of drug-likeness (QED) is 0.673. The van der Waals surface area contributed by atoms with Gasteiger partial charge in [0.25, 0.3) is 0 Å². The van der Waals surface area contributed by atoms with E-state index >= 15 is 0 Å². The highest BCUT2D eigenvalue weighted by atomic mass is 16.3. The summed E-state index contributed by atoms with van der Waals surface area (Å²) < 4.78 is 5.13. The van der Waals surface area contributed by atoms with Crippen LogP contribution in [0.15, 0.2) is 47.3 Å². The van der Waals surface area contributed by atoms with Crippen molar-refractivity contribution in [3.8, 4) is 0 Å². The Morgan fingerprint density at radius 2 is 2.32 bits per heavy atom. The minimum Gasteiger partial charge on any atom is -0.467 e. The number of nitrogens with zero attached hydrogens (tertiary/aromatic N) is 1. The highest BCUT2D eigenvalue weighted by Gasteiger charge is 2.04. The highest BCUT2D eigenvalue weighted by molar-refractivity contribution is 5.91. The summed E-state index contributed by atoms with van der Waals surface area (Å²) in [4.78, 5) is 18.8. The molecular formula is C13H12N4O2. The van der Waals surface area contributed by atoms with E-state index in [9.17, 15) is 4.79 Å². The molecule has 3 aromatic rings. The Kier molecular flexibility index (Phi) is 2.89. The second-order valence-corrected chi connectivity index (χ2v) is 4.02. The van der Waals surface area contributed by atoms with Crippen LogP contribution < -0.4 is 10.6 Å². The predicted octanol–water partition coefficient (Wildman–Crippen LogP) is 2.48. The molecule has 0 saturated carbocycles. The highest BCUT2D eigenvalue weighted by Crippen LogP contribution is 2.15. The minimum absolute atomic E-state index is 0.282. The molecule has 6 heteroatoms. The van der Waals surface area contributed by atoms with Gasteiger partial charge in [-0.3, -0.25) is 0 Å². The molecule has 0 aliphatic rings. The molecule has 0 saturated heterocycles. The normalized spacial score (nSPS) is 10.5. The van der Waals surface area contributed by atoms with Crippen LogP contribution in [-0.4, -0.2) is 16.0 Å². The second kappa shape index (κ2) is 4.85. The van der Waals surface area contributed by atoms with Gasteiger partial charge in [0.1, 0.15) is 5.76 Å². The van der Waals surface area contributed by atoms with Gasteiger partial charge >= 0.3 is 6.03 Å². The maximum Gasteiger partial charge on any atom is 0.319 e. The SMILES string of the molecule is O=C(NCc1ccco1)Nc1ccc2nc[nH]c2c1. The van der Waals surface area contributed by atoms with Crippen LogP contribution in [-0.2, 0) is 6.54 Å². The molecule has 0 spiro atoms. The van der Waals surface area contributed by atoms with Gasteiger partial charge in [0.2, 0.25) is 0 Å². The molecule has 1 aromatic carbocycles. The van der Waals surface area contributed by atoms with Crippen LogP contribution in [0.25, 0.3) is 11.0 Å². The maximum atomic E-state index is 11.7. The first-order chi connectivity index (χ1) is 9.31. The van der Waals surface area contributed by atoms with Crippen molar-refractivity contribution in [1.29, 1.82) is 0 Å². The van der Waals surface area contributed by atoms with Gasteiger partial charge in [0.05, 0.1) is 30.2 Å². The molecule has 19 heavy (non-hydrogen) atoms. The zero-order valence-electron chi connectivity index (χ0n) is 10.0. The van der Waals surface area contributed by atoms with Crippen molar-refractivity contribution in [2.24, 2.45) is 0 Å². The van der Waals surface area contributed by atoms with Crippen LogP contribution >= 0.6 is 0 Å². The van der Waals surface area contributed by atoms with Gasteiger partial charge in [-0.15, -0.1) is 0 Å². The van der Waals surface area contributed by atoms with Crippen molar-refractivity contribution in [2.45, 2.75) is 6.54 Å². The maximum absolute atomic E-state index is 11.7. The van der Waals surface area contributed by atoms with E-state index in [-0.39, 0.29) is 6.03 Å². The van der Waals surface area contributed by atoms with Gasteiger partial charge < -0.3 is 20.0 Å². The van der Waals surface area contributed by atoms with Gasteiger partial charge in [-0.1, -0.05) is 0 Å². The molecule has 0 aliphatic carbocycles. The lowest BCUT2D eigenvalue weighted by Crippen LogP contribution is -2.27.